The highest BCUT2D eigenvalue weighted by Gasteiger charge is 2.18. The number of ether oxygens (including phenoxy) is 1. The molecule has 0 unspecified atom stereocenters. The Labute approximate surface area is 105 Å². The molecular formula is C11H18N4O3. The standard InChI is InChI=1S/C11H18N4O3/c1-4-18-11(17)8-5-13-15(3)9(8)6-14(2)7-10(12)16/h5H,4,6-7H2,1-3H3,(H2,12,16). The van der Waals surface area contributed by atoms with Crippen molar-refractivity contribution in [3.05, 3.63) is 17.5 Å². The molecule has 0 radical (unpaired) electrons. The molecule has 0 aromatic carbocycles. The molecule has 18 heavy (non-hydrogen) atoms. The lowest BCUT2D eigenvalue weighted by Gasteiger charge is -2.15. The summed E-state index contributed by atoms with van der Waals surface area (Å²) in [4.78, 5) is 24.2. The van der Waals surface area contributed by atoms with Crippen molar-refractivity contribution in [2.24, 2.45) is 12.8 Å². The molecule has 0 bridgehead atoms. The third-order valence-corrected chi connectivity index (χ3v) is 2.40. The van der Waals surface area contributed by atoms with Crippen LogP contribution in [0.5, 0.6) is 0 Å². The molecule has 1 aromatic rings. The van der Waals surface area contributed by atoms with Crippen LogP contribution in [0.1, 0.15) is 23.0 Å². The van der Waals surface area contributed by atoms with E-state index in [0.717, 1.165) is 0 Å². The van der Waals surface area contributed by atoms with E-state index in [2.05, 4.69) is 5.10 Å². The van der Waals surface area contributed by atoms with Crippen LogP contribution in [0, 0.1) is 0 Å². The summed E-state index contributed by atoms with van der Waals surface area (Å²) in [6, 6.07) is 0. The predicted molar refractivity (Wildman–Crippen MR) is 64.7 cm³/mol. The minimum absolute atomic E-state index is 0.118. The van der Waals surface area contributed by atoms with Crippen molar-refractivity contribution in [3.8, 4) is 0 Å². The highest BCUT2D eigenvalue weighted by atomic mass is 16.5. The van der Waals surface area contributed by atoms with Crippen molar-refractivity contribution >= 4 is 11.9 Å². The van der Waals surface area contributed by atoms with Gasteiger partial charge in [-0.1, -0.05) is 0 Å². The highest BCUT2D eigenvalue weighted by molar-refractivity contribution is 5.90. The van der Waals surface area contributed by atoms with Crippen LogP contribution in [0.15, 0.2) is 6.20 Å². The molecule has 1 rings (SSSR count). The van der Waals surface area contributed by atoms with Crippen LogP contribution in [0.2, 0.25) is 0 Å². The molecule has 1 heterocycles. The number of amides is 1. The van der Waals surface area contributed by atoms with Gasteiger partial charge in [-0.15, -0.1) is 0 Å². The summed E-state index contributed by atoms with van der Waals surface area (Å²) in [6.45, 7) is 2.57. The molecule has 0 spiro atoms. The maximum atomic E-state index is 11.7. The van der Waals surface area contributed by atoms with Gasteiger partial charge in [-0.3, -0.25) is 14.4 Å². The van der Waals surface area contributed by atoms with E-state index in [9.17, 15) is 9.59 Å². The molecule has 0 fully saturated rings. The van der Waals surface area contributed by atoms with Gasteiger partial charge in [-0.05, 0) is 14.0 Å². The number of nitrogens with two attached hydrogens (primary N) is 1. The van der Waals surface area contributed by atoms with Crippen LogP contribution in [-0.2, 0) is 23.1 Å². The second-order valence-corrected chi connectivity index (χ2v) is 3.99. The third kappa shape index (κ3) is 3.56. The summed E-state index contributed by atoms with van der Waals surface area (Å²) in [6.07, 6.45) is 1.46. The molecule has 7 nitrogen and oxygen atoms in total. The maximum absolute atomic E-state index is 11.7. The first-order valence-electron chi connectivity index (χ1n) is 5.60. The quantitative estimate of drug-likeness (QED) is 0.692. The fourth-order valence-corrected chi connectivity index (χ4v) is 1.61. The van der Waals surface area contributed by atoms with E-state index < -0.39 is 11.9 Å². The lowest BCUT2D eigenvalue weighted by atomic mass is 10.2. The Morgan fingerprint density at radius 1 is 1.56 bits per heavy atom. The van der Waals surface area contributed by atoms with Gasteiger partial charge in [-0.2, -0.15) is 5.10 Å². The molecule has 1 amide bonds. The van der Waals surface area contributed by atoms with Gasteiger partial charge < -0.3 is 10.5 Å². The Morgan fingerprint density at radius 3 is 2.78 bits per heavy atom. The van der Waals surface area contributed by atoms with Crippen LogP contribution in [-0.4, -0.2) is 46.8 Å². The number of carbonyl (C=O) groups excluding carboxylic acids is 2. The van der Waals surface area contributed by atoms with Crippen LogP contribution in [0.3, 0.4) is 0 Å². The van der Waals surface area contributed by atoms with Crippen molar-refractivity contribution in [1.29, 1.82) is 0 Å². The second-order valence-electron chi connectivity index (χ2n) is 3.99. The Morgan fingerprint density at radius 2 is 2.22 bits per heavy atom. The Kier molecular flexibility index (Phi) is 4.85. The molecule has 0 saturated heterocycles. The summed E-state index contributed by atoms with van der Waals surface area (Å²) >= 11 is 0. The average molecular weight is 254 g/mol. The van der Waals surface area contributed by atoms with Gasteiger partial charge in [0.15, 0.2) is 0 Å². The topological polar surface area (TPSA) is 90.4 Å². The molecule has 1 aromatic heterocycles. The fraction of sp³-hybridized carbons (Fsp3) is 0.545. The zero-order chi connectivity index (χ0) is 13.7. The second kappa shape index (κ2) is 6.15. The van der Waals surface area contributed by atoms with Crippen molar-refractivity contribution < 1.29 is 14.3 Å². The Bertz CT molecular complexity index is 441. The van der Waals surface area contributed by atoms with Crippen LogP contribution >= 0.6 is 0 Å². The Balaban J connectivity index is 2.84. The number of nitrogens with zero attached hydrogens (tertiary/aromatic N) is 3. The molecule has 0 aliphatic heterocycles. The normalized spacial score (nSPS) is 10.7. The lowest BCUT2D eigenvalue weighted by molar-refractivity contribution is -0.118. The number of carbonyl (C=O) groups is 2. The van der Waals surface area contributed by atoms with Gasteiger partial charge in [0.25, 0.3) is 0 Å². The Hall–Kier alpha value is -1.89. The van der Waals surface area contributed by atoms with Gasteiger partial charge in [0, 0.05) is 13.6 Å². The number of likely N-dealkylation sites (N-methyl/N-ethyl adjacent to an activating group) is 1. The smallest absolute Gasteiger partial charge is 0.341 e. The van der Waals surface area contributed by atoms with Crippen molar-refractivity contribution in [3.63, 3.8) is 0 Å². The van der Waals surface area contributed by atoms with Crippen LogP contribution in [0.4, 0.5) is 0 Å². The summed E-state index contributed by atoms with van der Waals surface area (Å²) in [5.41, 5.74) is 6.22. The van der Waals surface area contributed by atoms with E-state index in [4.69, 9.17) is 10.5 Å². The van der Waals surface area contributed by atoms with Gasteiger partial charge in [0.1, 0.15) is 5.56 Å². The van der Waals surface area contributed by atoms with Gasteiger partial charge >= 0.3 is 5.97 Å². The fourth-order valence-electron chi connectivity index (χ4n) is 1.61. The van der Waals surface area contributed by atoms with E-state index in [-0.39, 0.29) is 6.54 Å². The first-order valence-corrected chi connectivity index (χ1v) is 5.60. The molecule has 2 N–H and O–H groups in total. The number of hydrogen-bond donors (Lipinski definition) is 1. The van der Waals surface area contributed by atoms with E-state index in [1.807, 2.05) is 0 Å². The summed E-state index contributed by atoms with van der Waals surface area (Å²) in [5.74, 6) is -0.828. The lowest BCUT2D eigenvalue weighted by Crippen LogP contribution is -2.31. The highest BCUT2D eigenvalue weighted by Crippen LogP contribution is 2.11. The number of aromatic nitrogens is 2. The maximum Gasteiger partial charge on any atom is 0.341 e. The minimum atomic E-state index is -0.419. The van der Waals surface area contributed by atoms with Gasteiger partial charge in [0.05, 0.1) is 25.0 Å². The summed E-state index contributed by atoms with van der Waals surface area (Å²) in [7, 11) is 3.48. The number of hydrogen-bond acceptors (Lipinski definition) is 5. The number of aryl methyl sites for hydroxylation is 1. The SMILES string of the molecule is CCOC(=O)c1cnn(C)c1CN(C)CC(N)=O. The number of esters is 1. The first-order chi connectivity index (χ1) is 8.45. The number of primary amides is 1. The zero-order valence-electron chi connectivity index (χ0n) is 10.8. The zero-order valence-corrected chi connectivity index (χ0v) is 10.8. The number of rotatable bonds is 6. The van der Waals surface area contributed by atoms with E-state index in [1.54, 1.807) is 30.6 Å². The molecule has 0 saturated carbocycles. The minimum Gasteiger partial charge on any atom is -0.462 e. The molecule has 7 heteroatoms. The van der Waals surface area contributed by atoms with E-state index in [0.29, 0.717) is 24.4 Å². The monoisotopic (exact) mass is 254 g/mol. The van der Waals surface area contributed by atoms with Crippen LogP contribution < -0.4 is 5.73 Å². The molecule has 0 atom stereocenters. The van der Waals surface area contributed by atoms with Gasteiger partial charge in [0.2, 0.25) is 5.91 Å². The van der Waals surface area contributed by atoms with E-state index in [1.165, 1.54) is 6.20 Å². The van der Waals surface area contributed by atoms with Crippen molar-refractivity contribution in [2.45, 2.75) is 13.5 Å². The van der Waals surface area contributed by atoms with E-state index >= 15 is 0 Å². The first kappa shape index (κ1) is 14.2. The van der Waals surface area contributed by atoms with Crippen LogP contribution in [0.25, 0.3) is 0 Å². The summed E-state index contributed by atoms with van der Waals surface area (Å²) < 4.78 is 6.53. The molecule has 100 valence electrons. The summed E-state index contributed by atoms with van der Waals surface area (Å²) in [5, 5.41) is 4.03. The van der Waals surface area contributed by atoms with Crippen molar-refractivity contribution in [1.82, 2.24) is 14.7 Å². The molecule has 0 aliphatic carbocycles. The predicted octanol–water partition coefficient (Wildman–Crippen LogP) is -0.486. The third-order valence-electron chi connectivity index (χ3n) is 2.40. The molecular weight excluding hydrogens is 236 g/mol. The van der Waals surface area contributed by atoms with Gasteiger partial charge in [-0.25, -0.2) is 4.79 Å². The average Bonchev–Trinajstić information content (AvgIpc) is 2.60. The van der Waals surface area contributed by atoms with Crippen molar-refractivity contribution in [2.75, 3.05) is 20.2 Å². The molecule has 0 aliphatic rings. The largest absolute Gasteiger partial charge is 0.462 e.